The van der Waals surface area contributed by atoms with Gasteiger partial charge in [-0.2, -0.15) is 0 Å². The first-order valence-corrected chi connectivity index (χ1v) is 21.5. The van der Waals surface area contributed by atoms with Gasteiger partial charge in [0.15, 0.2) is 15.9 Å². The normalized spacial score (nSPS) is 22.3. The van der Waals surface area contributed by atoms with E-state index in [0.717, 1.165) is 62.0 Å². The van der Waals surface area contributed by atoms with Gasteiger partial charge in [-0.3, -0.25) is 24.2 Å². The molecule has 0 bridgehead atoms. The molecular weight excluding hydrogens is 792 g/mol. The van der Waals surface area contributed by atoms with Crippen LogP contribution in [0.5, 0.6) is 5.75 Å². The summed E-state index contributed by atoms with van der Waals surface area (Å²) in [5.74, 6) is -2.81. The van der Waals surface area contributed by atoms with E-state index in [-0.39, 0.29) is 29.9 Å². The van der Waals surface area contributed by atoms with Gasteiger partial charge in [-0.25, -0.2) is 8.42 Å². The quantitative estimate of drug-likeness (QED) is 0.0896. The fraction of sp³-hybridized carbons (Fsp3) is 0.500. The summed E-state index contributed by atoms with van der Waals surface area (Å²) in [4.78, 5) is 53.2. The minimum Gasteiger partial charge on any atom is -0.490 e. The summed E-state index contributed by atoms with van der Waals surface area (Å²) in [5.41, 5.74) is 2.88. The van der Waals surface area contributed by atoms with Crippen LogP contribution < -0.4 is 10.1 Å². The number of nitrogens with one attached hydrogen (secondary N) is 1. The number of hydrogen-bond acceptors (Lipinski definition) is 13. The lowest BCUT2D eigenvalue weighted by atomic mass is 9.89. The number of para-hydroxylation sites is 1. The van der Waals surface area contributed by atoms with E-state index in [9.17, 15) is 27.6 Å². The van der Waals surface area contributed by atoms with E-state index in [0.29, 0.717) is 29.8 Å². The Kier molecular flexibility index (Phi) is 13.8. The summed E-state index contributed by atoms with van der Waals surface area (Å²) in [7, 11) is -3.68. The Morgan fingerprint density at radius 3 is 2.29 bits per heavy atom. The molecule has 6 rings (SSSR count). The smallest absolute Gasteiger partial charge is 0.305 e. The van der Waals surface area contributed by atoms with Crippen LogP contribution in [0, 0.1) is 5.92 Å². The maximum atomic E-state index is 13.4. The monoisotopic (exact) mass is 840 g/mol. The highest BCUT2D eigenvalue weighted by Gasteiger charge is 2.52. The molecule has 2 heterocycles. The van der Waals surface area contributed by atoms with Crippen molar-refractivity contribution in [1.29, 1.82) is 0 Å². The molecule has 1 aliphatic heterocycles. The molecule has 3 aliphatic rings. The molecule has 16 heteroatoms. The number of esters is 3. The van der Waals surface area contributed by atoms with Crippen molar-refractivity contribution in [3.05, 3.63) is 77.1 Å². The molecule has 5 atom stereocenters. The Hall–Kier alpha value is -4.57. The number of rotatable bonds is 18. The molecule has 0 spiro atoms. The Labute approximate surface area is 343 Å². The lowest BCUT2D eigenvalue weighted by Gasteiger charge is -2.42. The zero-order valence-corrected chi connectivity index (χ0v) is 34.5. The second-order valence-corrected chi connectivity index (χ2v) is 17.5. The van der Waals surface area contributed by atoms with Crippen molar-refractivity contribution in [2.75, 3.05) is 12.3 Å². The number of aromatic nitrogens is 1. The fourth-order valence-electron chi connectivity index (χ4n) is 7.06. The molecule has 1 amide bonds. The van der Waals surface area contributed by atoms with Crippen molar-refractivity contribution >= 4 is 45.3 Å². The summed E-state index contributed by atoms with van der Waals surface area (Å²) in [6.45, 7) is 5.32. The standard InChI is InChI=1S/C42H49ClN2O12S/c1-25-37(53-26(2)46)39(54-27(3)47)41(55-28(4)48)57-38(25)40(49)45-19-8-5-9-21-58(50,51)31-14-15-35(43)29(22-31)24-52-42(17-18-42)34-23-44-20-16-32(34)33-10-6-7-11-36(33)56-30-12-13-30/h6-7,10-11,14-16,20,22-23,25,30,37-39,41H,5,8-9,12-13,17-19,21,24H2,1-4H3,(H,45,49)/t25-,37-,38-,39+,41?/m0/s1. The predicted octanol–water partition coefficient (Wildman–Crippen LogP) is 6.00. The average molecular weight is 841 g/mol. The van der Waals surface area contributed by atoms with Crippen LogP contribution in [-0.4, -0.2) is 80.2 Å². The van der Waals surface area contributed by atoms with Crippen molar-refractivity contribution in [2.24, 2.45) is 5.92 Å². The first kappa shape index (κ1) is 43.0. The van der Waals surface area contributed by atoms with Gasteiger partial charge in [-0.05, 0) is 80.0 Å². The van der Waals surface area contributed by atoms with Gasteiger partial charge >= 0.3 is 17.9 Å². The number of ether oxygens (including phenoxy) is 6. The number of benzene rings is 2. The van der Waals surface area contributed by atoms with Gasteiger partial charge in [0.2, 0.25) is 18.3 Å². The van der Waals surface area contributed by atoms with Crippen molar-refractivity contribution in [3.8, 4) is 16.9 Å². The molecule has 0 radical (unpaired) electrons. The van der Waals surface area contributed by atoms with Crippen molar-refractivity contribution in [2.45, 2.75) is 120 Å². The molecule has 1 N–H and O–H groups in total. The number of carbonyl (C=O) groups is 4. The zero-order valence-electron chi connectivity index (χ0n) is 32.9. The van der Waals surface area contributed by atoms with Crippen LogP contribution in [-0.2, 0) is 64.9 Å². The van der Waals surface area contributed by atoms with Crippen LogP contribution in [0.1, 0.15) is 83.8 Å². The molecule has 1 aromatic heterocycles. The Morgan fingerprint density at radius 2 is 1.60 bits per heavy atom. The summed E-state index contributed by atoms with van der Waals surface area (Å²) in [6, 6.07) is 14.6. The second-order valence-electron chi connectivity index (χ2n) is 15.0. The largest absolute Gasteiger partial charge is 0.490 e. The van der Waals surface area contributed by atoms with E-state index >= 15 is 0 Å². The Bertz CT molecular complexity index is 2100. The lowest BCUT2D eigenvalue weighted by Crippen LogP contribution is -2.60. The van der Waals surface area contributed by atoms with Gasteiger partial charge in [0, 0.05) is 61.8 Å². The molecule has 2 aromatic carbocycles. The first-order valence-electron chi connectivity index (χ1n) is 19.5. The molecule has 58 heavy (non-hydrogen) atoms. The van der Waals surface area contributed by atoms with Gasteiger partial charge < -0.3 is 33.7 Å². The van der Waals surface area contributed by atoms with Crippen LogP contribution in [0.25, 0.3) is 11.1 Å². The van der Waals surface area contributed by atoms with Crippen LogP contribution in [0.4, 0.5) is 0 Å². The SMILES string of the molecule is CC(=O)OC1O[C@H](C(=O)NCCCCCS(=O)(=O)c2ccc(Cl)c(COC3(c4cnccc4-c4ccccc4OC4CC4)CC3)c2)[C@@H](C)[C@H](OC(C)=O)[C@H]1OC(C)=O. The van der Waals surface area contributed by atoms with E-state index in [1.54, 1.807) is 25.3 Å². The summed E-state index contributed by atoms with van der Waals surface area (Å²) >= 11 is 6.57. The van der Waals surface area contributed by atoms with Crippen LogP contribution in [0.2, 0.25) is 5.02 Å². The number of unbranched alkanes of at least 4 members (excludes halogenated alkanes) is 2. The number of halogens is 1. The molecular formula is C42H49ClN2O12S. The number of sulfone groups is 1. The van der Waals surface area contributed by atoms with Crippen LogP contribution >= 0.6 is 11.6 Å². The molecule has 1 unspecified atom stereocenters. The Morgan fingerprint density at radius 1 is 0.897 bits per heavy atom. The van der Waals surface area contributed by atoms with E-state index in [1.807, 2.05) is 36.5 Å². The zero-order chi connectivity index (χ0) is 41.6. The highest BCUT2D eigenvalue weighted by Crippen LogP contribution is 2.53. The third kappa shape index (κ3) is 10.7. The third-order valence-electron chi connectivity index (χ3n) is 10.3. The molecule has 14 nitrogen and oxygen atoms in total. The van der Waals surface area contributed by atoms with E-state index < -0.39 is 69.8 Å². The summed E-state index contributed by atoms with van der Waals surface area (Å²) < 4.78 is 61.3. The number of carbonyl (C=O) groups excluding carboxylic acids is 4. The minimum atomic E-state index is -3.68. The lowest BCUT2D eigenvalue weighted by molar-refractivity contribution is -0.277. The molecule has 312 valence electrons. The van der Waals surface area contributed by atoms with E-state index in [4.69, 9.17) is 40.0 Å². The van der Waals surface area contributed by atoms with Gasteiger partial charge in [0.25, 0.3) is 0 Å². The number of pyridine rings is 1. The van der Waals surface area contributed by atoms with Gasteiger partial charge in [-0.1, -0.05) is 43.1 Å². The first-order chi connectivity index (χ1) is 27.7. The molecule has 3 aromatic rings. The van der Waals surface area contributed by atoms with Gasteiger partial charge in [0.1, 0.15) is 11.9 Å². The van der Waals surface area contributed by atoms with E-state index in [2.05, 4.69) is 10.3 Å². The van der Waals surface area contributed by atoms with E-state index in [1.165, 1.54) is 13.0 Å². The van der Waals surface area contributed by atoms with Gasteiger partial charge in [0.05, 0.1) is 29.0 Å². The number of nitrogens with zero attached hydrogens (tertiary/aromatic N) is 1. The van der Waals surface area contributed by atoms with Crippen LogP contribution in [0.3, 0.4) is 0 Å². The molecule has 2 saturated carbocycles. The highest BCUT2D eigenvalue weighted by atomic mass is 35.5. The second kappa shape index (κ2) is 18.6. The van der Waals surface area contributed by atoms with Crippen molar-refractivity contribution in [3.63, 3.8) is 0 Å². The van der Waals surface area contributed by atoms with Crippen molar-refractivity contribution < 1.29 is 56.0 Å². The number of amides is 1. The van der Waals surface area contributed by atoms with Gasteiger partial charge in [-0.15, -0.1) is 0 Å². The molecule has 1 saturated heterocycles. The topological polar surface area (TPSA) is 183 Å². The Balaban J connectivity index is 1.02. The minimum absolute atomic E-state index is 0.105. The molecule has 2 aliphatic carbocycles. The number of hydrogen-bond donors (Lipinski definition) is 1. The third-order valence-corrected chi connectivity index (χ3v) is 12.5. The average Bonchev–Trinajstić information content (AvgIpc) is 4.12. The highest BCUT2D eigenvalue weighted by molar-refractivity contribution is 7.91. The summed E-state index contributed by atoms with van der Waals surface area (Å²) in [6.07, 6.45) is 3.61. The summed E-state index contributed by atoms with van der Waals surface area (Å²) in [5, 5.41) is 3.16. The van der Waals surface area contributed by atoms with Crippen molar-refractivity contribution in [1.82, 2.24) is 10.3 Å². The fourth-order valence-corrected chi connectivity index (χ4v) is 8.65. The maximum Gasteiger partial charge on any atom is 0.305 e. The maximum absolute atomic E-state index is 13.4. The molecule has 3 fully saturated rings. The predicted molar refractivity (Wildman–Crippen MR) is 210 cm³/mol. The van der Waals surface area contributed by atoms with Crippen LogP contribution in [0.15, 0.2) is 65.8 Å².